The third-order valence-electron chi connectivity index (χ3n) is 4.63. The zero-order valence-corrected chi connectivity index (χ0v) is 15.6. The summed E-state index contributed by atoms with van der Waals surface area (Å²) in [5, 5.41) is 3.48. The standard InChI is InChI=1S/C18H29BrN2/c1-12(2)20-10-16-6-7-18(17(19)9-16)21-11-13(3)8-14(4)15(21)5/h6-7,9,12-15,20H,8,10-11H2,1-5H3. The van der Waals surface area contributed by atoms with Crippen LogP contribution in [0.5, 0.6) is 0 Å². The highest BCUT2D eigenvalue weighted by molar-refractivity contribution is 9.10. The van der Waals surface area contributed by atoms with Gasteiger partial charge in [0.15, 0.2) is 0 Å². The average molecular weight is 353 g/mol. The molecule has 21 heavy (non-hydrogen) atoms. The van der Waals surface area contributed by atoms with Gasteiger partial charge in [-0.2, -0.15) is 0 Å². The van der Waals surface area contributed by atoms with Crippen molar-refractivity contribution < 1.29 is 0 Å². The Morgan fingerprint density at radius 1 is 1.29 bits per heavy atom. The Hall–Kier alpha value is -0.540. The van der Waals surface area contributed by atoms with Gasteiger partial charge in [-0.25, -0.2) is 0 Å². The van der Waals surface area contributed by atoms with Crippen LogP contribution < -0.4 is 10.2 Å². The molecule has 1 fully saturated rings. The van der Waals surface area contributed by atoms with Crippen molar-refractivity contribution in [1.82, 2.24) is 5.32 Å². The zero-order valence-electron chi connectivity index (χ0n) is 14.0. The van der Waals surface area contributed by atoms with Crippen LogP contribution >= 0.6 is 15.9 Å². The average Bonchev–Trinajstić information content (AvgIpc) is 2.41. The number of hydrogen-bond acceptors (Lipinski definition) is 2. The Kier molecular flexibility index (Phi) is 5.73. The summed E-state index contributed by atoms with van der Waals surface area (Å²) in [6, 6.07) is 7.93. The SMILES string of the molecule is CC1CC(C)C(C)N(c2ccc(CNC(C)C)cc2Br)C1. The Balaban J connectivity index is 2.16. The topological polar surface area (TPSA) is 15.3 Å². The molecule has 3 unspecified atom stereocenters. The van der Waals surface area contributed by atoms with E-state index >= 15 is 0 Å². The van der Waals surface area contributed by atoms with Crippen molar-refractivity contribution in [2.75, 3.05) is 11.4 Å². The molecule has 0 spiro atoms. The van der Waals surface area contributed by atoms with Crippen LogP contribution in [0.2, 0.25) is 0 Å². The first-order valence-electron chi connectivity index (χ1n) is 8.17. The van der Waals surface area contributed by atoms with E-state index in [1.54, 1.807) is 0 Å². The Morgan fingerprint density at radius 2 is 2.00 bits per heavy atom. The predicted molar refractivity (Wildman–Crippen MR) is 95.9 cm³/mol. The van der Waals surface area contributed by atoms with Gasteiger partial charge in [-0.05, 0) is 58.8 Å². The highest BCUT2D eigenvalue weighted by Crippen LogP contribution is 2.35. The van der Waals surface area contributed by atoms with Crippen molar-refractivity contribution in [3.63, 3.8) is 0 Å². The van der Waals surface area contributed by atoms with Crippen LogP contribution in [-0.4, -0.2) is 18.6 Å². The zero-order chi connectivity index (χ0) is 15.6. The summed E-state index contributed by atoms with van der Waals surface area (Å²) >= 11 is 3.79. The van der Waals surface area contributed by atoms with Crippen LogP contribution in [0.15, 0.2) is 22.7 Å². The Morgan fingerprint density at radius 3 is 2.62 bits per heavy atom. The molecule has 2 rings (SSSR count). The molecular formula is C18H29BrN2. The number of nitrogens with zero attached hydrogens (tertiary/aromatic N) is 1. The number of rotatable bonds is 4. The summed E-state index contributed by atoms with van der Waals surface area (Å²) in [5.74, 6) is 1.52. The molecule has 118 valence electrons. The molecule has 1 heterocycles. The van der Waals surface area contributed by atoms with Crippen molar-refractivity contribution in [2.45, 2.75) is 59.7 Å². The maximum atomic E-state index is 3.79. The largest absolute Gasteiger partial charge is 0.367 e. The lowest BCUT2D eigenvalue weighted by Crippen LogP contribution is -2.46. The minimum atomic E-state index is 0.521. The highest BCUT2D eigenvalue weighted by atomic mass is 79.9. The summed E-state index contributed by atoms with van der Waals surface area (Å²) in [6.07, 6.45) is 1.34. The summed E-state index contributed by atoms with van der Waals surface area (Å²) in [6.45, 7) is 13.6. The fourth-order valence-corrected chi connectivity index (χ4v) is 3.90. The summed E-state index contributed by atoms with van der Waals surface area (Å²) in [5.41, 5.74) is 2.68. The Bertz CT molecular complexity index is 472. The number of anilines is 1. The quantitative estimate of drug-likeness (QED) is 0.835. The van der Waals surface area contributed by atoms with Crippen LogP contribution in [-0.2, 0) is 6.54 Å². The molecule has 0 radical (unpaired) electrons. The van der Waals surface area contributed by atoms with Gasteiger partial charge in [0, 0.05) is 29.6 Å². The van der Waals surface area contributed by atoms with Crippen LogP contribution in [0.3, 0.4) is 0 Å². The van der Waals surface area contributed by atoms with Crippen molar-refractivity contribution in [1.29, 1.82) is 0 Å². The van der Waals surface area contributed by atoms with E-state index in [-0.39, 0.29) is 0 Å². The third kappa shape index (κ3) is 4.23. The highest BCUT2D eigenvalue weighted by Gasteiger charge is 2.29. The van der Waals surface area contributed by atoms with Gasteiger partial charge in [-0.3, -0.25) is 0 Å². The van der Waals surface area contributed by atoms with E-state index in [4.69, 9.17) is 0 Å². The fourth-order valence-electron chi connectivity index (χ4n) is 3.25. The smallest absolute Gasteiger partial charge is 0.0513 e. The first-order chi connectivity index (χ1) is 9.88. The summed E-state index contributed by atoms with van der Waals surface area (Å²) < 4.78 is 1.22. The van der Waals surface area contributed by atoms with Gasteiger partial charge in [0.2, 0.25) is 0 Å². The number of hydrogen-bond donors (Lipinski definition) is 1. The van der Waals surface area contributed by atoms with E-state index in [2.05, 4.69) is 79.0 Å². The van der Waals surface area contributed by atoms with Gasteiger partial charge in [0.05, 0.1) is 5.69 Å². The molecule has 3 heteroatoms. The van der Waals surface area contributed by atoms with Gasteiger partial charge in [0.1, 0.15) is 0 Å². The number of benzene rings is 1. The summed E-state index contributed by atoms with van der Waals surface area (Å²) in [4.78, 5) is 2.57. The number of nitrogens with one attached hydrogen (secondary N) is 1. The molecule has 3 atom stereocenters. The second-order valence-corrected chi connectivity index (χ2v) is 7.89. The van der Waals surface area contributed by atoms with E-state index < -0.39 is 0 Å². The first-order valence-corrected chi connectivity index (χ1v) is 8.96. The molecular weight excluding hydrogens is 324 g/mol. The molecule has 1 aromatic rings. The number of piperidine rings is 1. The minimum absolute atomic E-state index is 0.521. The molecule has 0 aromatic heterocycles. The van der Waals surface area contributed by atoms with E-state index in [1.807, 2.05) is 0 Å². The molecule has 1 aromatic carbocycles. The molecule has 0 saturated carbocycles. The van der Waals surface area contributed by atoms with Crippen molar-refractivity contribution in [3.05, 3.63) is 28.2 Å². The fraction of sp³-hybridized carbons (Fsp3) is 0.667. The molecule has 0 bridgehead atoms. The van der Waals surface area contributed by atoms with Gasteiger partial charge in [-0.15, -0.1) is 0 Å². The Labute approximate surface area is 138 Å². The normalized spacial score (nSPS) is 26.4. The third-order valence-corrected chi connectivity index (χ3v) is 5.27. The molecule has 0 amide bonds. The van der Waals surface area contributed by atoms with E-state index in [9.17, 15) is 0 Å². The molecule has 1 aliphatic rings. The lowest BCUT2D eigenvalue weighted by atomic mass is 9.85. The predicted octanol–water partition coefficient (Wildman–Crippen LogP) is 4.82. The minimum Gasteiger partial charge on any atom is -0.367 e. The van der Waals surface area contributed by atoms with Gasteiger partial charge in [0.25, 0.3) is 0 Å². The van der Waals surface area contributed by atoms with E-state index in [0.29, 0.717) is 12.1 Å². The van der Waals surface area contributed by atoms with Gasteiger partial charge < -0.3 is 10.2 Å². The molecule has 1 N–H and O–H groups in total. The second-order valence-electron chi connectivity index (χ2n) is 7.03. The van der Waals surface area contributed by atoms with Crippen molar-refractivity contribution in [2.24, 2.45) is 11.8 Å². The monoisotopic (exact) mass is 352 g/mol. The molecule has 1 aliphatic heterocycles. The number of halogens is 1. The lowest BCUT2D eigenvalue weighted by molar-refractivity contribution is 0.297. The lowest BCUT2D eigenvalue weighted by Gasteiger charge is -2.43. The first kappa shape index (κ1) is 16.8. The van der Waals surface area contributed by atoms with Crippen molar-refractivity contribution >= 4 is 21.6 Å². The van der Waals surface area contributed by atoms with Crippen molar-refractivity contribution in [3.8, 4) is 0 Å². The van der Waals surface area contributed by atoms with Gasteiger partial charge >= 0.3 is 0 Å². The van der Waals surface area contributed by atoms with Crippen LogP contribution in [0.1, 0.15) is 46.6 Å². The molecule has 2 nitrogen and oxygen atoms in total. The van der Waals surface area contributed by atoms with Crippen LogP contribution in [0.4, 0.5) is 5.69 Å². The van der Waals surface area contributed by atoms with E-state index in [1.165, 1.54) is 22.1 Å². The second kappa shape index (κ2) is 7.15. The van der Waals surface area contributed by atoms with Crippen LogP contribution in [0, 0.1) is 11.8 Å². The van der Waals surface area contributed by atoms with E-state index in [0.717, 1.165) is 24.9 Å². The summed E-state index contributed by atoms with van der Waals surface area (Å²) in [7, 11) is 0. The van der Waals surface area contributed by atoms with Crippen LogP contribution in [0.25, 0.3) is 0 Å². The maximum Gasteiger partial charge on any atom is 0.0513 e. The maximum absolute atomic E-state index is 3.79. The van der Waals surface area contributed by atoms with Gasteiger partial charge in [-0.1, -0.05) is 33.8 Å². The molecule has 1 saturated heterocycles. The molecule has 0 aliphatic carbocycles.